The van der Waals surface area contributed by atoms with Crippen molar-refractivity contribution < 1.29 is 57.5 Å². The lowest BCUT2D eigenvalue weighted by molar-refractivity contribution is -0.302. The maximum absolute atomic E-state index is 14.3. The van der Waals surface area contributed by atoms with Crippen molar-refractivity contribution in [2.24, 2.45) is 29.6 Å². The molecule has 2 saturated heterocycles. The van der Waals surface area contributed by atoms with Crippen molar-refractivity contribution in [1.29, 1.82) is 0 Å². The number of aliphatic hydroxyl groups is 1. The first kappa shape index (κ1) is 47.9. The van der Waals surface area contributed by atoms with Crippen molar-refractivity contribution in [2.75, 3.05) is 34.5 Å². The van der Waals surface area contributed by atoms with Crippen LogP contribution in [0.2, 0.25) is 0 Å². The van der Waals surface area contributed by atoms with E-state index in [9.17, 15) is 29.1 Å². The van der Waals surface area contributed by atoms with Gasteiger partial charge in [0.1, 0.15) is 36.9 Å². The zero-order chi connectivity index (χ0) is 42.7. The first-order chi connectivity index (χ1) is 27.6. The number of piperidine rings is 1. The molecular formula is C45H71NO12. The normalized spacial score (nSPS) is 39.2. The zero-order valence-electron chi connectivity index (χ0n) is 36.4. The molecular weight excluding hydrogens is 746 g/mol. The van der Waals surface area contributed by atoms with Crippen LogP contribution in [0.15, 0.2) is 23.3 Å². The van der Waals surface area contributed by atoms with Crippen molar-refractivity contribution in [3.63, 3.8) is 0 Å². The third-order valence-electron chi connectivity index (χ3n) is 13.1. The Morgan fingerprint density at radius 1 is 0.931 bits per heavy atom. The van der Waals surface area contributed by atoms with Crippen molar-refractivity contribution in [1.82, 2.24) is 4.90 Å². The quantitative estimate of drug-likeness (QED) is 0.130. The number of allylic oxidation sites excluding steroid dienone is 3. The van der Waals surface area contributed by atoms with E-state index in [4.69, 9.17) is 28.4 Å². The van der Waals surface area contributed by atoms with Crippen LogP contribution in [0.25, 0.3) is 0 Å². The highest BCUT2D eigenvalue weighted by Gasteiger charge is 2.56. The molecule has 13 heteroatoms. The van der Waals surface area contributed by atoms with Crippen LogP contribution < -0.4 is 0 Å². The van der Waals surface area contributed by atoms with Gasteiger partial charge in [-0.3, -0.25) is 14.4 Å². The number of hydrogen-bond acceptors (Lipinski definition) is 12. The molecule has 0 aromatic carbocycles. The van der Waals surface area contributed by atoms with Crippen LogP contribution in [0.1, 0.15) is 119 Å². The molecule has 2 bridgehead atoms. The number of methoxy groups -OCH3 is 3. The highest BCUT2D eigenvalue weighted by Crippen LogP contribution is 2.39. The number of fused-ring (bicyclic) bond motifs is 3. The Morgan fingerprint density at radius 3 is 2.28 bits per heavy atom. The monoisotopic (exact) mass is 817 g/mol. The number of hydrogen-bond donors (Lipinski definition) is 1. The topological polar surface area (TPSA) is 164 Å². The fraction of sp³-hybridized carbons (Fsp3) is 0.800. The van der Waals surface area contributed by atoms with Crippen LogP contribution in [-0.4, -0.2) is 123 Å². The van der Waals surface area contributed by atoms with E-state index in [1.165, 1.54) is 4.90 Å². The summed E-state index contributed by atoms with van der Waals surface area (Å²) in [4.78, 5) is 68.8. The molecule has 4 aliphatic rings. The number of aldehydes is 1. The van der Waals surface area contributed by atoms with Crippen LogP contribution in [0, 0.1) is 29.6 Å². The van der Waals surface area contributed by atoms with E-state index in [0.717, 1.165) is 23.9 Å². The van der Waals surface area contributed by atoms with Gasteiger partial charge in [-0.15, -0.1) is 0 Å². The summed E-state index contributed by atoms with van der Waals surface area (Å²) >= 11 is 0. The SMILES string of the molecule is CCC1/C=C(\C)CC(C)CC(OC)C2OC(O)(C(=O)C(=O)N3CCCCC3C(=O)OC(C(C)=CC3CCC(OCC=O)C(OC)C3)C(C)CCC1=O)C(C)CC2OC. The second-order valence-corrected chi connectivity index (χ2v) is 17.5. The van der Waals surface area contributed by atoms with Crippen molar-refractivity contribution >= 4 is 29.7 Å². The second kappa shape index (κ2) is 22.2. The number of amides is 1. The standard InChI is InChI=1S/C45H71NO12/c1-10-33-22-27(2)21-28(3)23-38(54-8)41-39(55-9)25-31(6)45(52,58-41)42(49)43(50)46-18-12-11-13-34(46)44(51)57-40(29(4)14-16-35(33)48)30(5)24-32-15-17-36(56-20-19-47)37(26-32)53-7/h19,22,24,28-29,31-34,36-41,52H,10-18,20-21,23,25-26H2,1-9H3/b27-22+,30-24?. The maximum Gasteiger partial charge on any atom is 0.329 e. The van der Waals surface area contributed by atoms with Crippen molar-refractivity contribution in [3.05, 3.63) is 23.3 Å². The summed E-state index contributed by atoms with van der Waals surface area (Å²) in [5, 5.41) is 12.0. The number of Topliss-reactive ketones (excluding diaryl/α,β-unsaturated/α-hetero) is 2. The summed E-state index contributed by atoms with van der Waals surface area (Å²) < 4.78 is 35.9. The van der Waals surface area contributed by atoms with Crippen LogP contribution in [-0.2, 0) is 52.4 Å². The maximum atomic E-state index is 14.3. The molecule has 0 radical (unpaired) electrons. The number of ether oxygens (including phenoxy) is 6. The Hall–Kier alpha value is -2.81. The molecule has 0 spiro atoms. The van der Waals surface area contributed by atoms with E-state index in [1.54, 1.807) is 28.3 Å². The molecule has 3 fully saturated rings. The predicted molar refractivity (Wildman–Crippen MR) is 216 cm³/mol. The van der Waals surface area contributed by atoms with E-state index in [-0.39, 0.29) is 67.7 Å². The number of carbonyl (C=O) groups is 5. The van der Waals surface area contributed by atoms with Gasteiger partial charge >= 0.3 is 5.97 Å². The first-order valence-corrected chi connectivity index (χ1v) is 21.6. The Labute approximate surface area is 345 Å². The lowest BCUT2D eigenvalue weighted by Crippen LogP contribution is -2.64. The molecule has 1 aliphatic carbocycles. The lowest BCUT2D eigenvalue weighted by Gasteiger charge is -2.47. The highest BCUT2D eigenvalue weighted by molar-refractivity contribution is 6.39. The third-order valence-corrected chi connectivity index (χ3v) is 13.1. The van der Waals surface area contributed by atoms with Gasteiger partial charge in [0.15, 0.2) is 0 Å². The molecule has 3 heterocycles. The van der Waals surface area contributed by atoms with Crippen LogP contribution >= 0.6 is 0 Å². The minimum Gasteiger partial charge on any atom is -0.456 e. The van der Waals surface area contributed by atoms with Crippen LogP contribution in [0.4, 0.5) is 0 Å². The smallest absolute Gasteiger partial charge is 0.329 e. The molecule has 1 saturated carbocycles. The van der Waals surface area contributed by atoms with Crippen LogP contribution in [0.3, 0.4) is 0 Å². The molecule has 1 amide bonds. The van der Waals surface area contributed by atoms with Gasteiger partial charge in [-0.05, 0) is 108 Å². The molecule has 4 rings (SSSR count). The molecule has 1 N–H and O–H groups in total. The van der Waals surface area contributed by atoms with E-state index in [1.807, 2.05) is 27.7 Å². The molecule has 328 valence electrons. The van der Waals surface area contributed by atoms with Gasteiger partial charge in [-0.25, -0.2) is 4.79 Å². The van der Waals surface area contributed by atoms with Gasteiger partial charge in [0.2, 0.25) is 5.79 Å². The third kappa shape index (κ3) is 11.7. The number of nitrogens with zero attached hydrogens (tertiary/aromatic N) is 1. The molecule has 13 unspecified atom stereocenters. The Balaban J connectivity index is 1.72. The van der Waals surface area contributed by atoms with Gasteiger partial charge in [-0.1, -0.05) is 45.4 Å². The first-order valence-electron chi connectivity index (χ1n) is 21.6. The second-order valence-electron chi connectivity index (χ2n) is 17.5. The fourth-order valence-electron chi connectivity index (χ4n) is 9.73. The van der Waals surface area contributed by atoms with E-state index in [0.29, 0.717) is 57.8 Å². The highest BCUT2D eigenvalue weighted by atomic mass is 16.7. The number of carbonyl (C=O) groups excluding carboxylic acids is 5. The van der Waals surface area contributed by atoms with E-state index < -0.39 is 59.8 Å². The van der Waals surface area contributed by atoms with E-state index >= 15 is 0 Å². The van der Waals surface area contributed by atoms with Gasteiger partial charge in [0.05, 0.1) is 24.4 Å². The fourth-order valence-corrected chi connectivity index (χ4v) is 9.73. The summed E-state index contributed by atoms with van der Waals surface area (Å²) in [7, 11) is 4.73. The largest absolute Gasteiger partial charge is 0.456 e. The minimum atomic E-state index is -2.47. The molecule has 0 aromatic rings. The summed E-state index contributed by atoms with van der Waals surface area (Å²) in [6.07, 6.45) is 8.32. The molecule has 0 aromatic heterocycles. The average Bonchev–Trinajstić information content (AvgIpc) is 3.21. The van der Waals surface area contributed by atoms with Crippen LogP contribution in [0.5, 0.6) is 0 Å². The Bertz CT molecular complexity index is 1480. The van der Waals surface area contributed by atoms with Gasteiger partial charge in [0, 0.05) is 46.1 Å². The summed E-state index contributed by atoms with van der Waals surface area (Å²) in [6, 6.07) is -1.05. The predicted octanol–water partition coefficient (Wildman–Crippen LogP) is 5.73. The Morgan fingerprint density at radius 2 is 1.62 bits per heavy atom. The Kier molecular flexibility index (Phi) is 18.3. The molecule has 3 aliphatic heterocycles. The number of rotatable bonds is 9. The molecule has 58 heavy (non-hydrogen) atoms. The van der Waals surface area contributed by atoms with Crippen molar-refractivity contribution in [2.45, 2.75) is 167 Å². The molecule has 13 nitrogen and oxygen atoms in total. The van der Waals surface area contributed by atoms with Crippen molar-refractivity contribution in [3.8, 4) is 0 Å². The van der Waals surface area contributed by atoms with Gasteiger partial charge < -0.3 is 43.2 Å². The van der Waals surface area contributed by atoms with Gasteiger partial charge in [0.25, 0.3) is 11.7 Å². The zero-order valence-corrected chi connectivity index (χ0v) is 36.4. The summed E-state index contributed by atoms with van der Waals surface area (Å²) in [5.41, 5.74) is 1.90. The summed E-state index contributed by atoms with van der Waals surface area (Å²) in [6.45, 7) is 11.8. The number of ketones is 2. The minimum absolute atomic E-state index is 0.00635. The van der Waals surface area contributed by atoms with E-state index in [2.05, 4.69) is 19.1 Å². The lowest BCUT2D eigenvalue weighted by atomic mass is 9.82. The average molecular weight is 818 g/mol. The number of esters is 1. The summed E-state index contributed by atoms with van der Waals surface area (Å²) in [5.74, 6) is -6.26. The van der Waals surface area contributed by atoms with Gasteiger partial charge in [-0.2, -0.15) is 0 Å². The molecule has 13 atom stereocenters. The number of cyclic esters (lactones) is 1.